The Bertz CT molecular complexity index is 666. The number of benzene rings is 3. The van der Waals surface area contributed by atoms with Gasteiger partial charge in [0.05, 0.1) is 5.16 Å². The molecule has 3 aromatic rings. The molecular formula is C19H16ClP. The molecule has 0 aliphatic heterocycles. The summed E-state index contributed by atoms with van der Waals surface area (Å²) in [5, 5.41) is 0.486. The minimum absolute atomic E-state index is 0.271. The molecule has 0 saturated heterocycles. The highest BCUT2D eigenvalue weighted by atomic mass is 35.5. The molecule has 0 nitrogen and oxygen atoms in total. The normalized spacial score (nSPS) is 11.3. The summed E-state index contributed by atoms with van der Waals surface area (Å²) in [5.41, 5.74) is 3.68. The van der Waals surface area contributed by atoms with Gasteiger partial charge in [0.15, 0.2) is 0 Å². The van der Waals surface area contributed by atoms with Crippen molar-refractivity contribution in [3.8, 4) is 0 Å². The summed E-state index contributed by atoms with van der Waals surface area (Å²) >= 11 is 6.05. The molecule has 1 unspecified atom stereocenters. The van der Waals surface area contributed by atoms with E-state index in [1.54, 1.807) is 0 Å². The van der Waals surface area contributed by atoms with Crippen molar-refractivity contribution in [1.29, 1.82) is 0 Å². The molecule has 0 saturated carbocycles. The van der Waals surface area contributed by atoms with Crippen LogP contribution in [0.2, 0.25) is 5.02 Å². The van der Waals surface area contributed by atoms with Crippen LogP contribution in [-0.4, -0.2) is 0 Å². The topological polar surface area (TPSA) is 0 Å². The number of hydrogen-bond acceptors (Lipinski definition) is 0. The third-order valence-corrected chi connectivity index (χ3v) is 5.01. The van der Waals surface area contributed by atoms with Gasteiger partial charge in [0, 0.05) is 5.02 Å². The van der Waals surface area contributed by atoms with Crippen molar-refractivity contribution >= 4 is 20.8 Å². The van der Waals surface area contributed by atoms with Crippen LogP contribution in [-0.2, 0) is 5.16 Å². The SMILES string of the molecule is PC(c1ccccc1)(c1ccccc1)c1ccc(Cl)cc1. The average molecular weight is 311 g/mol. The van der Waals surface area contributed by atoms with Crippen molar-refractivity contribution in [1.82, 2.24) is 0 Å². The molecular weight excluding hydrogens is 295 g/mol. The Kier molecular flexibility index (Phi) is 4.10. The fraction of sp³-hybridized carbons (Fsp3) is 0.0526. The zero-order valence-corrected chi connectivity index (χ0v) is 13.4. The van der Waals surface area contributed by atoms with Crippen LogP contribution in [0.4, 0.5) is 0 Å². The van der Waals surface area contributed by atoms with Gasteiger partial charge in [-0.2, -0.15) is 0 Å². The smallest absolute Gasteiger partial charge is 0.0591 e. The van der Waals surface area contributed by atoms with E-state index in [0.717, 1.165) is 5.02 Å². The molecule has 3 aromatic carbocycles. The van der Waals surface area contributed by atoms with Gasteiger partial charge in [0.25, 0.3) is 0 Å². The maximum Gasteiger partial charge on any atom is 0.0591 e. The molecule has 21 heavy (non-hydrogen) atoms. The van der Waals surface area contributed by atoms with Crippen LogP contribution in [0.3, 0.4) is 0 Å². The molecule has 0 bridgehead atoms. The van der Waals surface area contributed by atoms with Gasteiger partial charge in [-0.25, -0.2) is 0 Å². The van der Waals surface area contributed by atoms with Gasteiger partial charge in [-0.05, 0) is 28.8 Å². The van der Waals surface area contributed by atoms with Crippen molar-refractivity contribution in [2.45, 2.75) is 5.16 Å². The van der Waals surface area contributed by atoms with Crippen LogP contribution < -0.4 is 0 Å². The van der Waals surface area contributed by atoms with Crippen LogP contribution in [0.1, 0.15) is 16.7 Å². The molecule has 3 rings (SSSR count). The van der Waals surface area contributed by atoms with Gasteiger partial charge >= 0.3 is 0 Å². The Hall–Kier alpha value is -1.62. The maximum atomic E-state index is 6.05. The zero-order valence-electron chi connectivity index (χ0n) is 11.5. The number of hydrogen-bond donors (Lipinski definition) is 0. The van der Waals surface area contributed by atoms with Crippen molar-refractivity contribution in [3.63, 3.8) is 0 Å². The third kappa shape index (κ3) is 2.75. The van der Waals surface area contributed by atoms with E-state index in [9.17, 15) is 0 Å². The fourth-order valence-corrected chi connectivity index (χ4v) is 3.32. The van der Waals surface area contributed by atoms with Crippen molar-refractivity contribution in [2.24, 2.45) is 0 Å². The lowest BCUT2D eigenvalue weighted by Gasteiger charge is -2.31. The molecule has 0 heterocycles. The summed E-state index contributed by atoms with van der Waals surface area (Å²) in [6, 6.07) is 29.1. The summed E-state index contributed by atoms with van der Waals surface area (Å²) in [6.45, 7) is 0. The van der Waals surface area contributed by atoms with Crippen LogP contribution in [0.15, 0.2) is 84.9 Å². The molecule has 0 aromatic heterocycles. The molecule has 0 aliphatic rings. The predicted octanol–water partition coefficient (Wildman–Crippen LogP) is 5.51. The lowest BCUT2D eigenvalue weighted by atomic mass is 9.84. The standard InChI is InChI=1S/C19H16ClP/c20-18-13-11-17(12-14-18)19(21,15-7-3-1-4-8-15)16-9-5-2-6-10-16/h1-14H,21H2. The lowest BCUT2D eigenvalue weighted by Crippen LogP contribution is -2.21. The second-order valence-corrected chi connectivity index (χ2v) is 6.35. The molecule has 0 radical (unpaired) electrons. The monoisotopic (exact) mass is 310 g/mol. The summed E-state index contributed by atoms with van der Waals surface area (Å²) in [7, 11) is 3.03. The first-order chi connectivity index (χ1) is 10.2. The van der Waals surface area contributed by atoms with Gasteiger partial charge in [0.1, 0.15) is 0 Å². The van der Waals surface area contributed by atoms with E-state index in [2.05, 4.69) is 69.9 Å². The Morgan fingerprint density at radius 1 is 0.571 bits per heavy atom. The Balaban J connectivity index is 2.23. The Morgan fingerprint density at radius 3 is 1.38 bits per heavy atom. The van der Waals surface area contributed by atoms with Crippen LogP contribution >= 0.6 is 20.8 Å². The average Bonchev–Trinajstić information content (AvgIpc) is 2.56. The van der Waals surface area contributed by atoms with Crippen molar-refractivity contribution in [3.05, 3.63) is 107 Å². The molecule has 0 spiro atoms. The molecule has 0 aliphatic carbocycles. The molecule has 0 amide bonds. The highest BCUT2D eigenvalue weighted by Crippen LogP contribution is 2.44. The van der Waals surface area contributed by atoms with Crippen LogP contribution in [0.5, 0.6) is 0 Å². The lowest BCUT2D eigenvalue weighted by molar-refractivity contribution is 0.897. The summed E-state index contributed by atoms with van der Waals surface area (Å²) in [5.74, 6) is 0. The van der Waals surface area contributed by atoms with Crippen molar-refractivity contribution in [2.75, 3.05) is 0 Å². The summed E-state index contributed by atoms with van der Waals surface area (Å²) in [4.78, 5) is 0. The fourth-order valence-electron chi connectivity index (χ4n) is 2.61. The van der Waals surface area contributed by atoms with E-state index in [4.69, 9.17) is 11.6 Å². The largest absolute Gasteiger partial charge is 0.117 e. The number of halogens is 1. The first kappa shape index (κ1) is 14.3. The number of rotatable bonds is 3. The molecule has 1 atom stereocenters. The zero-order chi connectivity index (χ0) is 14.7. The van der Waals surface area contributed by atoms with Crippen molar-refractivity contribution < 1.29 is 0 Å². The molecule has 2 heteroatoms. The predicted molar refractivity (Wildman–Crippen MR) is 93.9 cm³/mol. The van der Waals surface area contributed by atoms with Gasteiger partial charge in [-0.1, -0.05) is 84.4 Å². The van der Waals surface area contributed by atoms with E-state index in [-0.39, 0.29) is 5.16 Å². The maximum absolute atomic E-state index is 6.05. The molecule has 0 fully saturated rings. The van der Waals surface area contributed by atoms with Gasteiger partial charge in [0.2, 0.25) is 0 Å². The minimum atomic E-state index is -0.271. The second-order valence-electron chi connectivity index (χ2n) is 5.05. The molecule has 104 valence electrons. The summed E-state index contributed by atoms with van der Waals surface area (Å²) < 4.78 is 0. The summed E-state index contributed by atoms with van der Waals surface area (Å²) in [6.07, 6.45) is 0. The van der Waals surface area contributed by atoms with Crippen LogP contribution in [0.25, 0.3) is 0 Å². The Labute approximate surface area is 133 Å². The minimum Gasteiger partial charge on any atom is -0.117 e. The highest BCUT2D eigenvalue weighted by molar-refractivity contribution is 7.19. The van der Waals surface area contributed by atoms with Gasteiger partial charge in [-0.3, -0.25) is 0 Å². The van der Waals surface area contributed by atoms with Crippen LogP contribution in [0, 0.1) is 0 Å². The van der Waals surface area contributed by atoms with E-state index >= 15 is 0 Å². The third-order valence-electron chi connectivity index (χ3n) is 3.76. The second kappa shape index (κ2) is 6.02. The van der Waals surface area contributed by atoms with E-state index in [1.165, 1.54) is 16.7 Å². The van der Waals surface area contributed by atoms with Gasteiger partial charge < -0.3 is 0 Å². The van der Waals surface area contributed by atoms with E-state index in [0.29, 0.717) is 0 Å². The highest BCUT2D eigenvalue weighted by Gasteiger charge is 2.30. The van der Waals surface area contributed by atoms with Gasteiger partial charge in [-0.15, -0.1) is 9.24 Å². The first-order valence-corrected chi connectivity index (χ1v) is 7.83. The van der Waals surface area contributed by atoms with E-state index < -0.39 is 0 Å². The molecule has 0 N–H and O–H groups in total. The van der Waals surface area contributed by atoms with E-state index in [1.807, 2.05) is 24.3 Å². The Morgan fingerprint density at radius 2 is 0.952 bits per heavy atom. The quantitative estimate of drug-likeness (QED) is 0.442. The first-order valence-electron chi connectivity index (χ1n) is 6.87.